The second-order valence-electron chi connectivity index (χ2n) is 7.33. The molecule has 0 radical (unpaired) electrons. The van der Waals surface area contributed by atoms with Crippen molar-refractivity contribution in [3.8, 4) is 11.5 Å². The number of rotatable bonds is 7. The largest absolute Gasteiger partial charge is 0.493 e. The van der Waals surface area contributed by atoms with Crippen molar-refractivity contribution in [1.29, 1.82) is 0 Å². The van der Waals surface area contributed by atoms with Gasteiger partial charge in [-0.3, -0.25) is 9.69 Å². The van der Waals surface area contributed by atoms with Gasteiger partial charge < -0.3 is 14.8 Å². The first-order chi connectivity index (χ1) is 15.9. The lowest BCUT2D eigenvalue weighted by molar-refractivity contribution is -0.123. The van der Waals surface area contributed by atoms with Crippen molar-refractivity contribution in [1.82, 2.24) is 10.2 Å². The lowest BCUT2D eigenvalue weighted by atomic mass is 10.1. The molecular formula is C25H20ClFN2O4. The number of urea groups is 1. The normalized spacial score (nSPS) is 14.5. The van der Waals surface area contributed by atoms with Gasteiger partial charge in [-0.15, -0.1) is 0 Å². The molecule has 1 saturated heterocycles. The first kappa shape index (κ1) is 22.4. The van der Waals surface area contributed by atoms with Crippen molar-refractivity contribution in [3.63, 3.8) is 0 Å². The van der Waals surface area contributed by atoms with Gasteiger partial charge in [0.1, 0.15) is 18.1 Å². The van der Waals surface area contributed by atoms with E-state index in [1.54, 1.807) is 60.7 Å². The molecule has 1 heterocycles. The van der Waals surface area contributed by atoms with Gasteiger partial charge in [-0.25, -0.2) is 9.18 Å². The fraction of sp³-hybridized carbons (Fsp3) is 0.120. The molecule has 33 heavy (non-hydrogen) atoms. The Hall–Kier alpha value is -3.84. The van der Waals surface area contributed by atoms with Gasteiger partial charge in [0.05, 0.1) is 13.7 Å². The highest BCUT2D eigenvalue weighted by molar-refractivity contribution is 6.30. The fourth-order valence-electron chi connectivity index (χ4n) is 3.34. The number of methoxy groups -OCH3 is 1. The average Bonchev–Trinajstić information content (AvgIpc) is 3.06. The zero-order valence-corrected chi connectivity index (χ0v) is 18.4. The van der Waals surface area contributed by atoms with Crippen molar-refractivity contribution in [2.24, 2.45) is 0 Å². The Bertz CT molecular complexity index is 1230. The van der Waals surface area contributed by atoms with Gasteiger partial charge in [-0.05, 0) is 59.2 Å². The molecule has 0 aromatic heterocycles. The third kappa shape index (κ3) is 5.32. The SMILES string of the molecule is COc1cc(/C=C2/NC(=O)N(Cc3ccc(Cl)cc3)C2=O)ccc1OCc1cccc(F)c1. The monoisotopic (exact) mass is 466 g/mol. The van der Waals surface area contributed by atoms with E-state index in [0.29, 0.717) is 27.6 Å². The summed E-state index contributed by atoms with van der Waals surface area (Å²) in [6.07, 6.45) is 1.57. The Morgan fingerprint density at radius 1 is 1.00 bits per heavy atom. The second-order valence-corrected chi connectivity index (χ2v) is 7.77. The summed E-state index contributed by atoms with van der Waals surface area (Å²) in [6, 6.07) is 17.7. The third-order valence-electron chi connectivity index (χ3n) is 5.00. The van der Waals surface area contributed by atoms with Crippen molar-refractivity contribution in [3.05, 3.63) is 100.0 Å². The molecular weight excluding hydrogens is 447 g/mol. The number of imide groups is 1. The minimum atomic E-state index is -0.497. The van der Waals surface area contributed by atoms with Crippen LogP contribution in [0.5, 0.6) is 11.5 Å². The molecule has 8 heteroatoms. The van der Waals surface area contributed by atoms with E-state index >= 15 is 0 Å². The van der Waals surface area contributed by atoms with Crippen LogP contribution in [0.1, 0.15) is 16.7 Å². The van der Waals surface area contributed by atoms with E-state index in [1.165, 1.54) is 19.2 Å². The van der Waals surface area contributed by atoms with Gasteiger partial charge in [0.15, 0.2) is 11.5 Å². The van der Waals surface area contributed by atoms with Crippen LogP contribution < -0.4 is 14.8 Å². The summed E-state index contributed by atoms with van der Waals surface area (Å²) in [5.41, 5.74) is 2.26. The quantitative estimate of drug-likeness (QED) is 0.386. The van der Waals surface area contributed by atoms with Gasteiger partial charge in [0, 0.05) is 5.02 Å². The highest BCUT2D eigenvalue weighted by atomic mass is 35.5. The van der Waals surface area contributed by atoms with Crippen molar-refractivity contribution in [2.75, 3.05) is 7.11 Å². The molecule has 6 nitrogen and oxygen atoms in total. The Morgan fingerprint density at radius 2 is 1.79 bits per heavy atom. The number of nitrogens with zero attached hydrogens (tertiary/aromatic N) is 1. The number of carbonyl (C=O) groups excluding carboxylic acids is 2. The number of hydrogen-bond donors (Lipinski definition) is 1. The Kier molecular flexibility index (Phi) is 6.60. The number of hydrogen-bond acceptors (Lipinski definition) is 4. The van der Waals surface area contributed by atoms with E-state index in [-0.39, 0.29) is 24.7 Å². The van der Waals surface area contributed by atoms with Crippen LogP contribution in [0.15, 0.2) is 72.4 Å². The molecule has 3 amide bonds. The summed E-state index contributed by atoms with van der Waals surface area (Å²) >= 11 is 5.89. The summed E-state index contributed by atoms with van der Waals surface area (Å²) < 4.78 is 24.5. The number of amides is 3. The second kappa shape index (κ2) is 9.75. The molecule has 4 rings (SSSR count). The maximum Gasteiger partial charge on any atom is 0.329 e. The highest BCUT2D eigenvalue weighted by Crippen LogP contribution is 2.30. The molecule has 168 valence electrons. The minimum absolute atomic E-state index is 0.134. The molecule has 3 aromatic rings. The maximum absolute atomic E-state index is 13.4. The van der Waals surface area contributed by atoms with E-state index < -0.39 is 11.9 Å². The Morgan fingerprint density at radius 3 is 2.52 bits per heavy atom. The van der Waals surface area contributed by atoms with Gasteiger partial charge in [-0.1, -0.05) is 41.9 Å². The van der Waals surface area contributed by atoms with Crippen molar-refractivity contribution in [2.45, 2.75) is 13.2 Å². The van der Waals surface area contributed by atoms with Crippen LogP contribution in [0.2, 0.25) is 5.02 Å². The molecule has 0 atom stereocenters. The molecule has 0 saturated carbocycles. The Labute approximate surface area is 195 Å². The van der Waals surface area contributed by atoms with E-state index in [1.807, 2.05) is 0 Å². The Balaban J connectivity index is 1.48. The summed E-state index contributed by atoms with van der Waals surface area (Å²) in [5, 5.41) is 3.18. The molecule has 0 spiro atoms. The molecule has 0 bridgehead atoms. The highest BCUT2D eigenvalue weighted by Gasteiger charge is 2.33. The van der Waals surface area contributed by atoms with Crippen molar-refractivity contribution >= 4 is 29.6 Å². The molecule has 0 aliphatic carbocycles. The van der Waals surface area contributed by atoms with Crippen LogP contribution in [-0.2, 0) is 17.9 Å². The van der Waals surface area contributed by atoms with Crippen LogP contribution in [0, 0.1) is 5.82 Å². The summed E-state index contributed by atoms with van der Waals surface area (Å²) in [7, 11) is 1.50. The minimum Gasteiger partial charge on any atom is -0.493 e. The lowest BCUT2D eigenvalue weighted by Gasteiger charge is -2.12. The number of halogens is 2. The predicted octanol–water partition coefficient (Wildman–Crippen LogP) is 5.16. The van der Waals surface area contributed by atoms with Crippen LogP contribution in [0.3, 0.4) is 0 Å². The molecule has 0 unspecified atom stereocenters. The first-order valence-corrected chi connectivity index (χ1v) is 10.4. The topological polar surface area (TPSA) is 67.9 Å². The molecule has 3 aromatic carbocycles. The maximum atomic E-state index is 13.4. The van der Waals surface area contributed by atoms with Crippen LogP contribution >= 0.6 is 11.6 Å². The van der Waals surface area contributed by atoms with Gasteiger partial charge in [0.25, 0.3) is 5.91 Å². The standard InChI is InChI=1S/C25H20ClFN2O4/c1-32-23-13-17(7-10-22(23)33-15-18-3-2-4-20(27)11-18)12-21-24(30)29(25(31)28-21)14-16-5-8-19(26)9-6-16/h2-13H,14-15H2,1H3,(H,28,31)/b21-12+. The van der Waals surface area contributed by atoms with Crippen LogP contribution in [0.25, 0.3) is 6.08 Å². The molecule has 1 N–H and O–H groups in total. The van der Waals surface area contributed by atoms with Crippen LogP contribution in [0.4, 0.5) is 9.18 Å². The van der Waals surface area contributed by atoms with E-state index in [0.717, 1.165) is 10.5 Å². The molecule has 1 aliphatic heterocycles. The average molecular weight is 467 g/mol. The van der Waals surface area contributed by atoms with E-state index in [9.17, 15) is 14.0 Å². The van der Waals surface area contributed by atoms with Gasteiger partial charge in [-0.2, -0.15) is 0 Å². The van der Waals surface area contributed by atoms with Gasteiger partial charge >= 0.3 is 6.03 Å². The molecule has 1 fully saturated rings. The summed E-state index contributed by atoms with van der Waals surface area (Å²) in [5.74, 6) is 0.143. The lowest BCUT2D eigenvalue weighted by Crippen LogP contribution is -2.30. The van der Waals surface area contributed by atoms with Crippen molar-refractivity contribution < 1.29 is 23.5 Å². The first-order valence-electron chi connectivity index (χ1n) is 10.1. The van der Waals surface area contributed by atoms with E-state index in [2.05, 4.69) is 5.32 Å². The summed E-state index contributed by atoms with van der Waals surface area (Å²) in [4.78, 5) is 26.2. The van der Waals surface area contributed by atoms with Gasteiger partial charge in [0.2, 0.25) is 0 Å². The number of nitrogens with one attached hydrogen (secondary N) is 1. The predicted molar refractivity (Wildman–Crippen MR) is 122 cm³/mol. The molecule has 1 aliphatic rings. The number of ether oxygens (including phenoxy) is 2. The zero-order valence-electron chi connectivity index (χ0n) is 17.7. The smallest absolute Gasteiger partial charge is 0.329 e. The van der Waals surface area contributed by atoms with Crippen LogP contribution in [-0.4, -0.2) is 23.9 Å². The fourth-order valence-corrected chi connectivity index (χ4v) is 3.46. The number of carbonyl (C=O) groups is 2. The number of benzene rings is 3. The van der Waals surface area contributed by atoms with E-state index in [4.69, 9.17) is 21.1 Å². The summed E-state index contributed by atoms with van der Waals surface area (Å²) in [6.45, 7) is 0.304. The zero-order chi connectivity index (χ0) is 23.4. The third-order valence-corrected chi connectivity index (χ3v) is 5.25.